The predicted molar refractivity (Wildman–Crippen MR) is 84.3 cm³/mol. The Morgan fingerprint density at radius 2 is 2.09 bits per heavy atom. The van der Waals surface area contributed by atoms with Crippen LogP contribution in [0.1, 0.15) is 37.7 Å². The van der Waals surface area contributed by atoms with Crippen LogP contribution < -0.4 is 16.0 Å². The van der Waals surface area contributed by atoms with Gasteiger partial charge < -0.3 is 16.0 Å². The molecule has 2 aliphatic rings. The maximum atomic E-state index is 12.2. The van der Waals surface area contributed by atoms with E-state index in [-0.39, 0.29) is 30.3 Å². The van der Waals surface area contributed by atoms with Crippen molar-refractivity contribution in [2.24, 2.45) is 0 Å². The van der Waals surface area contributed by atoms with Crippen molar-refractivity contribution in [1.29, 1.82) is 0 Å². The number of fused-ring (bicyclic) bond motifs is 1. The van der Waals surface area contributed by atoms with E-state index >= 15 is 0 Å². The molecule has 3 rings (SSSR count). The van der Waals surface area contributed by atoms with Crippen LogP contribution in [0.3, 0.4) is 0 Å². The molecule has 0 aromatic heterocycles. The Morgan fingerprint density at radius 1 is 1.32 bits per heavy atom. The SMILES string of the molecule is Cc1ccccc1NC(=O)C[C@@H]1[NH2+][C@H]2CCCC[C@H]2NC1=O. The lowest BCUT2D eigenvalue weighted by molar-refractivity contribution is -0.718. The maximum absolute atomic E-state index is 12.2. The van der Waals surface area contributed by atoms with Crippen molar-refractivity contribution in [3.8, 4) is 0 Å². The highest BCUT2D eigenvalue weighted by atomic mass is 16.2. The minimum absolute atomic E-state index is 0.00286. The number of benzene rings is 1. The molecule has 22 heavy (non-hydrogen) atoms. The van der Waals surface area contributed by atoms with Crippen LogP contribution in [0.25, 0.3) is 0 Å². The number of carbonyl (C=O) groups is 2. The summed E-state index contributed by atoms with van der Waals surface area (Å²) >= 11 is 0. The molecular weight excluding hydrogens is 278 g/mol. The zero-order chi connectivity index (χ0) is 15.5. The third kappa shape index (κ3) is 3.30. The van der Waals surface area contributed by atoms with Crippen molar-refractivity contribution in [2.75, 3.05) is 5.32 Å². The molecule has 3 atom stereocenters. The molecule has 0 spiro atoms. The van der Waals surface area contributed by atoms with Crippen LogP contribution in [-0.4, -0.2) is 29.9 Å². The van der Waals surface area contributed by atoms with Crippen LogP contribution in [0.2, 0.25) is 0 Å². The number of anilines is 1. The highest BCUT2D eigenvalue weighted by Crippen LogP contribution is 2.19. The fourth-order valence-corrected chi connectivity index (χ4v) is 3.52. The topological polar surface area (TPSA) is 74.8 Å². The molecule has 1 heterocycles. The van der Waals surface area contributed by atoms with Crippen LogP contribution in [0.5, 0.6) is 0 Å². The number of hydrogen-bond donors (Lipinski definition) is 3. The lowest BCUT2D eigenvalue weighted by Crippen LogP contribution is -3.03. The van der Waals surface area contributed by atoms with Crippen LogP contribution >= 0.6 is 0 Å². The summed E-state index contributed by atoms with van der Waals surface area (Å²) in [5.41, 5.74) is 1.85. The van der Waals surface area contributed by atoms with Gasteiger partial charge in [-0.1, -0.05) is 24.6 Å². The molecule has 1 aromatic carbocycles. The normalized spacial score (nSPS) is 27.7. The Bertz CT molecular complexity index is 573. The lowest BCUT2D eigenvalue weighted by atomic mass is 9.87. The van der Waals surface area contributed by atoms with E-state index in [2.05, 4.69) is 16.0 Å². The average molecular weight is 302 g/mol. The molecule has 4 N–H and O–H groups in total. The van der Waals surface area contributed by atoms with Gasteiger partial charge in [-0.25, -0.2) is 0 Å². The van der Waals surface area contributed by atoms with Gasteiger partial charge in [-0.3, -0.25) is 9.59 Å². The molecule has 1 aromatic rings. The maximum Gasteiger partial charge on any atom is 0.279 e. The molecule has 1 aliphatic heterocycles. The van der Waals surface area contributed by atoms with Crippen molar-refractivity contribution in [3.63, 3.8) is 0 Å². The molecule has 0 bridgehead atoms. The summed E-state index contributed by atoms with van der Waals surface area (Å²) in [6.45, 7) is 1.96. The van der Waals surface area contributed by atoms with E-state index in [0.29, 0.717) is 6.04 Å². The number of nitrogens with two attached hydrogens (primary N) is 1. The first-order valence-electron chi connectivity index (χ1n) is 8.14. The van der Waals surface area contributed by atoms with Gasteiger partial charge in [-0.05, 0) is 31.4 Å². The Balaban J connectivity index is 1.59. The van der Waals surface area contributed by atoms with Crippen molar-refractivity contribution in [1.82, 2.24) is 5.32 Å². The second-order valence-electron chi connectivity index (χ2n) is 6.43. The van der Waals surface area contributed by atoms with Crippen molar-refractivity contribution in [2.45, 2.75) is 57.2 Å². The summed E-state index contributed by atoms with van der Waals surface area (Å²) < 4.78 is 0. The highest BCUT2D eigenvalue weighted by molar-refractivity contribution is 5.95. The number of amides is 2. The van der Waals surface area contributed by atoms with Gasteiger partial charge >= 0.3 is 0 Å². The number of carbonyl (C=O) groups excluding carboxylic acids is 2. The molecule has 1 aliphatic carbocycles. The van der Waals surface area contributed by atoms with E-state index in [9.17, 15) is 9.59 Å². The highest BCUT2D eigenvalue weighted by Gasteiger charge is 2.40. The monoisotopic (exact) mass is 302 g/mol. The largest absolute Gasteiger partial charge is 0.342 e. The number of hydrogen-bond acceptors (Lipinski definition) is 2. The number of piperazine rings is 1. The molecule has 5 nitrogen and oxygen atoms in total. The Hall–Kier alpha value is -1.88. The number of quaternary nitrogens is 1. The molecular formula is C17H24N3O2+. The van der Waals surface area contributed by atoms with E-state index < -0.39 is 0 Å². The molecule has 118 valence electrons. The fraction of sp³-hybridized carbons (Fsp3) is 0.529. The number of nitrogens with one attached hydrogen (secondary N) is 2. The van der Waals surface area contributed by atoms with E-state index in [0.717, 1.165) is 24.1 Å². The van der Waals surface area contributed by atoms with E-state index in [4.69, 9.17) is 0 Å². The minimum Gasteiger partial charge on any atom is -0.342 e. The second kappa shape index (κ2) is 6.48. The van der Waals surface area contributed by atoms with E-state index in [1.54, 1.807) is 0 Å². The standard InChI is InChI=1S/C17H23N3O2/c1-11-6-2-3-7-12(11)19-16(21)10-15-17(22)20-14-9-5-4-8-13(14)18-15/h2-3,6-7,13-15,18H,4-5,8-10H2,1H3,(H,19,21)(H,20,22)/p+1/t13-,14+,15-/m0/s1. The number of rotatable bonds is 3. The summed E-state index contributed by atoms with van der Waals surface area (Å²) in [6, 6.07) is 8.10. The molecule has 0 radical (unpaired) electrons. The molecule has 2 fully saturated rings. The van der Waals surface area contributed by atoms with Gasteiger partial charge in [0.15, 0.2) is 6.04 Å². The number of para-hydroxylation sites is 1. The molecule has 1 saturated heterocycles. The van der Waals surface area contributed by atoms with Gasteiger partial charge in [-0.15, -0.1) is 0 Å². The third-order valence-electron chi connectivity index (χ3n) is 4.79. The predicted octanol–water partition coefficient (Wildman–Crippen LogP) is 0.697. The molecule has 2 amide bonds. The van der Waals surface area contributed by atoms with Gasteiger partial charge in [0.25, 0.3) is 5.91 Å². The second-order valence-corrected chi connectivity index (χ2v) is 6.43. The average Bonchev–Trinajstić information content (AvgIpc) is 2.50. The van der Waals surface area contributed by atoms with Gasteiger partial charge in [0.2, 0.25) is 5.91 Å². The van der Waals surface area contributed by atoms with Crippen molar-refractivity contribution >= 4 is 17.5 Å². The summed E-state index contributed by atoms with van der Waals surface area (Å²) in [4.78, 5) is 24.4. The van der Waals surface area contributed by atoms with Crippen LogP contribution in [0.4, 0.5) is 5.69 Å². The van der Waals surface area contributed by atoms with Crippen LogP contribution in [0, 0.1) is 6.92 Å². The number of aryl methyl sites for hydroxylation is 1. The van der Waals surface area contributed by atoms with Gasteiger partial charge in [0.1, 0.15) is 6.04 Å². The zero-order valence-corrected chi connectivity index (χ0v) is 13.0. The quantitative estimate of drug-likeness (QED) is 0.769. The van der Waals surface area contributed by atoms with Crippen LogP contribution in [-0.2, 0) is 9.59 Å². The van der Waals surface area contributed by atoms with Crippen molar-refractivity contribution in [3.05, 3.63) is 29.8 Å². The van der Waals surface area contributed by atoms with Crippen LogP contribution in [0.15, 0.2) is 24.3 Å². The van der Waals surface area contributed by atoms with Crippen molar-refractivity contribution < 1.29 is 14.9 Å². The zero-order valence-electron chi connectivity index (χ0n) is 13.0. The molecule has 1 saturated carbocycles. The summed E-state index contributed by atoms with van der Waals surface area (Å²) in [6.07, 6.45) is 4.82. The van der Waals surface area contributed by atoms with E-state index in [1.807, 2.05) is 31.2 Å². The lowest BCUT2D eigenvalue weighted by Gasteiger charge is -2.37. The first-order valence-corrected chi connectivity index (χ1v) is 8.14. The Kier molecular flexibility index (Phi) is 4.43. The third-order valence-corrected chi connectivity index (χ3v) is 4.79. The van der Waals surface area contributed by atoms with Gasteiger partial charge in [-0.2, -0.15) is 0 Å². The minimum atomic E-state index is -0.302. The Labute approximate surface area is 130 Å². The smallest absolute Gasteiger partial charge is 0.279 e. The van der Waals surface area contributed by atoms with E-state index in [1.165, 1.54) is 12.8 Å². The summed E-state index contributed by atoms with van der Waals surface area (Å²) in [5.74, 6) is -0.0944. The fourth-order valence-electron chi connectivity index (χ4n) is 3.52. The Morgan fingerprint density at radius 3 is 2.91 bits per heavy atom. The first kappa shape index (κ1) is 15.0. The molecule has 5 heteroatoms. The van der Waals surface area contributed by atoms with Gasteiger partial charge in [0.05, 0.1) is 12.5 Å². The summed E-state index contributed by atoms with van der Waals surface area (Å²) in [5, 5.41) is 8.12. The van der Waals surface area contributed by atoms with Gasteiger partial charge in [0, 0.05) is 12.1 Å². The first-order chi connectivity index (χ1) is 10.6. The molecule has 0 unspecified atom stereocenters. The summed E-state index contributed by atoms with van der Waals surface area (Å²) in [7, 11) is 0.